The van der Waals surface area contributed by atoms with Crippen molar-refractivity contribution in [2.24, 2.45) is 16.7 Å². The van der Waals surface area contributed by atoms with Gasteiger partial charge < -0.3 is 0 Å². The van der Waals surface area contributed by atoms with Crippen LogP contribution in [0.4, 0.5) is 0 Å². The standard InChI is InChI=1S/C22H12Cl2N4/c23-18-5-1-3-15(7-18)20(16-4-2-6-19(24)8-16)9-17-10-21(11-25,12-26)22(17,13-27)14-28/h1-9,17H,10H2. The highest BCUT2D eigenvalue weighted by atomic mass is 35.5. The Balaban J connectivity index is 2.19. The van der Waals surface area contributed by atoms with Gasteiger partial charge in [0.15, 0.2) is 10.8 Å². The lowest BCUT2D eigenvalue weighted by Gasteiger charge is -2.47. The molecule has 1 aliphatic carbocycles. The number of benzene rings is 2. The van der Waals surface area contributed by atoms with Crippen molar-refractivity contribution in [3.05, 3.63) is 75.8 Å². The predicted molar refractivity (Wildman–Crippen MR) is 105 cm³/mol. The maximum Gasteiger partial charge on any atom is 0.181 e. The summed E-state index contributed by atoms with van der Waals surface area (Å²) in [6.45, 7) is 0. The second-order valence-corrected chi connectivity index (χ2v) is 7.45. The zero-order chi connectivity index (χ0) is 20.4. The van der Waals surface area contributed by atoms with E-state index in [2.05, 4.69) is 0 Å². The molecule has 1 fully saturated rings. The lowest BCUT2D eigenvalue weighted by Crippen LogP contribution is -2.55. The van der Waals surface area contributed by atoms with Gasteiger partial charge in [0, 0.05) is 16.0 Å². The Morgan fingerprint density at radius 3 is 1.75 bits per heavy atom. The maximum atomic E-state index is 9.70. The molecule has 0 spiro atoms. The fourth-order valence-electron chi connectivity index (χ4n) is 3.56. The van der Waals surface area contributed by atoms with E-state index in [0.717, 1.165) is 16.7 Å². The van der Waals surface area contributed by atoms with E-state index in [-0.39, 0.29) is 6.42 Å². The van der Waals surface area contributed by atoms with Gasteiger partial charge in [0.25, 0.3) is 0 Å². The SMILES string of the molecule is N#CC1(C#N)CC(C=C(c2cccc(Cl)c2)c2cccc(Cl)c2)C1(C#N)C#N. The van der Waals surface area contributed by atoms with Crippen LogP contribution in [0.15, 0.2) is 54.6 Å². The van der Waals surface area contributed by atoms with E-state index in [4.69, 9.17) is 23.2 Å². The van der Waals surface area contributed by atoms with Crippen molar-refractivity contribution < 1.29 is 0 Å². The minimum Gasteiger partial charge on any atom is -0.196 e. The van der Waals surface area contributed by atoms with Crippen molar-refractivity contribution in [1.29, 1.82) is 21.0 Å². The van der Waals surface area contributed by atoms with Crippen LogP contribution in [0.2, 0.25) is 10.0 Å². The second kappa shape index (κ2) is 7.38. The summed E-state index contributed by atoms with van der Waals surface area (Å²) < 4.78 is 0. The molecular formula is C22H12Cl2N4. The summed E-state index contributed by atoms with van der Waals surface area (Å²) in [6.07, 6.45) is 1.88. The maximum absolute atomic E-state index is 9.70. The Bertz CT molecular complexity index is 1060. The number of allylic oxidation sites excluding steroid dienone is 1. The minimum atomic E-state index is -1.74. The summed E-state index contributed by atoms with van der Waals surface area (Å²) in [4.78, 5) is 0. The molecule has 1 atom stereocenters. The first-order chi connectivity index (χ1) is 13.4. The number of nitrogens with zero attached hydrogens (tertiary/aromatic N) is 4. The van der Waals surface area contributed by atoms with Gasteiger partial charge in [-0.15, -0.1) is 0 Å². The summed E-state index contributed by atoms with van der Waals surface area (Å²) in [5.74, 6) is -0.588. The molecule has 6 heteroatoms. The Morgan fingerprint density at radius 2 is 1.36 bits per heavy atom. The molecular weight excluding hydrogens is 391 g/mol. The zero-order valence-electron chi connectivity index (χ0n) is 14.5. The molecule has 0 amide bonds. The van der Waals surface area contributed by atoms with Crippen LogP contribution in [0.3, 0.4) is 0 Å². The Kier molecular flexibility index (Phi) is 5.14. The molecule has 0 bridgehead atoms. The summed E-state index contributed by atoms with van der Waals surface area (Å²) in [5.41, 5.74) is -1.09. The van der Waals surface area contributed by atoms with E-state index in [0.29, 0.717) is 10.0 Å². The molecule has 0 saturated heterocycles. The van der Waals surface area contributed by atoms with Gasteiger partial charge in [-0.05, 0) is 47.4 Å². The van der Waals surface area contributed by atoms with Crippen LogP contribution in [0.25, 0.3) is 5.57 Å². The van der Waals surface area contributed by atoms with Crippen LogP contribution >= 0.6 is 23.2 Å². The smallest absolute Gasteiger partial charge is 0.181 e. The first kappa shape index (κ1) is 19.5. The van der Waals surface area contributed by atoms with Gasteiger partial charge in [-0.1, -0.05) is 53.5 Å². The van der Waals surface area contributed by atoms with E-state index in [1.54, 1.807) is 42.5 Å². The molecule has 0 aliphatic heterocycles. The van der Waals surface area contributed by atoms with Gasteiger partial charge in [0.1, 0.15) is 0 Å². The molecule has 1 aliphatic rings. The summed E-state index contributed by atoms with van der Waals surface area (Å²) in [7, 11) is 0. The molecule has 2 aromatic carbocycles. The van der Waals surface area contributed by atoms with Gasteiger partial charge in [0.05, 0.1) is 24.3 Å². The highest BCUT2D eigenvalue weighted by Crippen LogP contribution is 2.61. The Hall–Kier alpha value is -3.28. The number of hydrogen-bond acceptors (Lipinski definition) is 4. The number of rotatable bonds is 3. The van der Waals surface area contributed by atoms with Crippen molar-refractivity contribution in [2.45, 2.75) is 6.42 Å². The molecule has 4 nitrogen and oxygen atoms in total. The van der Waals surface area contributed by atoms with Crippen molar-refractivity contribution >= 4 is 28.8 Å². The average Bonchev–Trinajstić information content (AvgIpc) is 2.69. The topological polar surface area (TPSA) is 95.2 Å². The summed E-state index contributed by atoms with van der Waals surface area (Å²) in [5, 5.41) is 39.4. The first-order valence-electron chi connectivity index (χ1n) is 8.34. The van der Waals surface area contributed by atoms with Gasteiger partial charge in [0.2, 0.25) is 0 Å². The monoisotopic (exact) mass is 402 g/mol. The molecule has 0 aromatic heterocycles. The Labute approximate surface area is 173 Å². The van der Waals surface area contributed by atoms with Crippen LogP contribution in [0.1, 0.15) is 17.5 Å². The van der Waals surface area contributed by atoms with Crippen LogP contribution in [0.5, 0.6) is 0 Å². The lowest BCUT2D eigenvalue weighted by molar-refractivity contribution is 0.0715. The fraction of sp³-hybridized carbons (Fsp3) is 0.182. The second-order valence-electron chi connectivity index (χ2n) is 6.57. The number of hydrogen-bond donors (Lipinski definition) is 0. The van der Waals surface area contributed by atoms with E-state index in [9.17, 15) is 21.0 Å². The van der Waals surface area contributed by atoms with Gasteiger partial charge >= 0.3 is 0 Å². The summed E-state index contributed by atoms with van der Waals surface area (Å²) >= 11 is 12.3. The molecule has 0 N–H and O–H groups in total. The average molecular weight is 403 g/mol. The molecule has 2 aromatic rings. The molecule has 3 rings (SSSR count). The van der Waals surface area contributed by atoms with Crippen molar-refractivity contribution in [2.75, 3.05) is 0 Å². The summed E-state index contributed by atoms with van der Waals surface area (Å²) in [6, 6.07) is 22.0. The van der Waals surface area contributed by atoms with Gasteiger partial charge in [-0.2, -0.15) is 21.0 Å². The Morgan fingerprint density at radius 1 is 0.857 bits per heavy atom. The van der Waals surface area contributed by atoms with Crippen LogP contribution in [0, 0.1) is 62.1 Å². The highest BCUT2D eigenvalue weighted by Gasteiger charge is 2.68. The molecule has 0 heterocycles. The molecule has 1 unspecified atom stereocenters. The van der Waals surface area contributed by atoms with Crippen LogP contribution in [-0.2, 0) is 0 Å². The van der Waals surface area contributed by atoms with E-state index < -0.39 is 16.7 Å². The van der Waals surface area contributed by atoms with Crippen LogP contribution in [-0.4, -0.2) is 0 Å². The number of halogens is 2. The molecule has 28 heavy (non-hydrogen) atoms. The van der Waals surface area contributed by atoms with Crippen LogP contribution < -0.4 is 0 Å². The largest absolute Gasteiger partial charge is 0.196 e. The highest BCUT2D eigenvalue weighted by molar-refractivity contribution is 6.31. The first-order valence-corrected chi connectivity index (χ1v) is 9.09. The lowest BCUT2D eigenvalue weighted by atomic mass is 9.45. The molecule has 0 radical (unpaired) electrons. The minimum absolute atomic E-state index is 0.103. The molecule has 1 saturated carbocycles. The van der Waals surface area contributed by atoms with Crippen molar-refractivity contribution in [3.63, 3.8) is 0 Å². The third-order valence-electron chi connectivity index (χ3n) is 5.13. The molecule has 134 valence electrons. The van der Waals surface area contributed by atoms with Crippen molar-refractivity contribution in [1.82, 2.24) is 0 Å². The normalized spacial score (nSPS) is 18.3. The quantitative estimate of drug-likeness (QED) is 0.675. The third kappa shape index (κ3) is 2.91. The van der Waals surface area contributed by atoms with Gasteiger partial charge in [-0.25, -0.2) is 0 Å². The van der Waals surface area contributed by atoms with E-state index >= 15 is 0 Å². The fourth-order valence-corrected chi connectivity index (χ4v) is 3.94. The predicted octanol–water partition coefficient (Wildman–Crippen LogP) is 5.51. The third-order valence-corrected chi connectivity index (χ3v) is 5.60. The van der Waals surface area contributed by atoms with Gasteiger partial charge in [-0.3, -0.25) is 0 Å². The number of nitriles is 4. The van der Waals surface area contributed by atoms with E-state index in [1.807, 2.05) is 36.4 Å². The zero-order valence-corrected chi connectivity index (χ0v) is 16.0. The van der Waals surface area contributed by atoms with E-state index in [1.165, 1.54) is 0 Å². The van der Waals surface area contributed by atoms with Crippen molar-refractivity contribution in [3.8, 4) is 24.3 Å².